The van der Waals surface area contributed by atoms with E-state index < -0.39 is 41.2 Å². The molecule has 0 aliphatic heterocycles. The van der Waals surface area contributed by atoms with Gasteiger partial charge in [-0.1, -0.05) is 67.9 Å². The van der Waals surface area contributed by atoms with E-state index in [1.807, 2.05) is 31.2 Å². The second-order valence-electron chi connectivity index (χ2n) is 9.60. The number of rotatable bonds is 8. The predicted octanol–water partition coefficient (Wildman–Crippen LogP) is 6.16. The number of nitriles is 1. The average molecular weight is 494 g/mol. The fourth-order valence-corrected chi connectivity index (χ4v) is 4.18. The standard InChI is InChI=1S/C26H28F5N3O/c1-16(2)14-21(33)23(35)34(24(15-32)12-13-24)22(25(27,28)26(29,30)31)20-10-8-19(9-11-20)18-6-4-17(3)5-7-18/h4-11,16,21-22H,12-14,33H2,1-3H3/t21-,22-/m0/s1. The van der Waals surface area contributed by atoms with Crippen molar-refractivity contribution in [3.8, 4) is 17.2 Å². The molecule has 1 aliphatic carbocycles. The lowest BCUT2D eigenvalue weighted by atomic mass is 9.92. The molecule has 0 unspecified atom stereocenters. The van der Waals surface area contributed by atoms with E-state index in [0.717, 1.165) is 23.3 Å². The Kier molecular flexibility index (Phi) is 7.28. The third-order valence-corrected chi connectivity index (χ3v) is 6.26. The summed E-state index contributed by atoms with van der Waals surface area (Å²) in [6.07, 6.45) is -5.89. The van der Waals surface area contributed by atoms with Gasteiger partial charge in [0.15, 0.2) is 0 Å². The molecule has 1 aliphatic rings. The molecule has 0 saturated heterocycles. The molecular weight excluding hydrogens is 465 g/mol. The fraction of sp³-hybridized carbons (Fsp3) is 0.462. The van der Waals surface area contributed by atoms with Crippen molar-refractivity contribution in [1.29, 1.82) is 5.26 Å². The van der Waals surface area contributed by atoms with Crippen LogP contribution >= 0.6 is 0 Å². The molecule has 0 aromatic heterocycles. The fourth-order valence-electron chi connectivity index (χ4n) is 4.18. The van der Waals surface area contributed by atoms with Crippen molar-refractivity contribution < 1.29 is 26.7 Å². The molecule has 35 heavy (non-hydrogen) atoms. The van der Waals surface area contributed by atoms with Crippen LogP contribution in [0.5, 0.6) is 0 Å². The van der Waals surface area contributed by atoms with E-state index in [1.54, 1.807) is 19.9 Å². The third kappa shape index (κ3) is 5.32. The second-order valence-corrected chi connectivity index (χ2v) is 9.60. The summed E-state index contributed by atoms with van der Waals surface area (Å²) in [5, 5.41) is 9.71. The maximum atomic E-state index is 15.1. The molecule has 0 bridgehead atoms. The summed E-state index contributed by atoms with van der Waals surface area (Å²) in [4.78, 5) is 13.7. The molecule has 2 aromatic carbocycles. The van der Waals surface area contributed by atoms with Gasteiger partial charge >= 0.3 is 12.1 Å². The van der Waals surface area contributed by atoms with E-state index in [0.29, 0.717) is 10.5 Å². The minimum atomic E-state index is -5.96. The Morgan fingerprint density at radius 2 is 1.51 bits per heavy atom. The van der Waals surface area contributed by atoms with Crippen molar-refractivity contribution in [3.63, 3.8) is 0 Å². The minimum Gasteiger partial charge on any atom is -0.320 e. The Morgan fingerprint density at radius 3 is 1.91 bits per heavy atom. The maximum Gasteiger partial charge on any atom is 0.455 e. The lowest BCUT2D eigenvalue weighted by Crippen LogP contribution is -2.58. The Hall–Kier alpha value is -2.99. The van der Waals surface area contributed by atoms with Crippen molar-refractivity contribution in [2.45, 2.75) is 69.8 Å². The van der Waals surface area contributed by atoms with Gasteiger partial charge in [-0.3, -0.25) is 4.79 Å². The molecule has 0 heterocycles. The number of carbonyl (C=O) groups excluding carboxylic acids is 1. The van der Waals surface area contributed by atoms with Gasteiger partial charge in [-0.15, -0.1) is 0 Å². The van der Waals surface area contributed by atoms with Crippen LogP contribution in [-0.2, 0) is 4.79 Å². The van der Waals surface area contributed by atoms with Crippen LogP contribution in [0.1, 0.15) is 50.3 Å². The van der Waals surface area contributed by atoms with Crippen molar-refractivity contribution in [2.24, 2.45) is 11.7 Å². The summed E-state index contributed by atoms with van der Waals surface area (Å²) >= 11 is 0. The van der Waals surface area contributed by atoms with E-state index in [-0.39, 0.29) is 25.2 Å². The Labute approximate surface area is 201 Å². The van der Waals surface area contributed by atoms with Gasteiger partial charge in [-0.25, -0.2) is 0 Å². The first-order valence-corrected chi connectivity index (χ1v) is 11.3. The summed E-state index contributed by atoms with van der Waals surface area (Å²) in [5.41, 5.74) is 6.14. The SMILES string of the molecule is Cc1ccc(-c2ccc([C@H](N(C(=O)[C@@H](N)CC(C)C)C3(C#N)CC3)C(F)(F)C(F)(F)F)cc2)cc1. The topological polar surface area (TPSA) is 70.1 Å². The van der Waals surface area contributed by atoms with Crippen LogP contribution in [0.2, 0.25) is 0 Å². The number of benzene rings is 2. The monoisotopic (exact) mass is 493 g/mol. The van der Waals surface area contributed by atoms with E-state index in [9.17, 15) is 23.2 Å². The van der Waals surface area contributed by atoms with Crippen LogP contribution in [0.15, 0.2) is 48.5 Å². The number of amides is 1. The number of hydrogen-bond donors (Lipinski definition) is 1. The zero-order valence-electron chi connectivity index (χ0n) is 19.7. The zero-order valence-corrected chi connectivity index (χ0v) is 19.7. The highest BCUT2D eigenvalue weighted by Gasteiger charge is 2.69. The number of hydrogen-bond acceptors (Lipinski definition) is 3. The summed E-state index contributed by atoms with van der Waals surface area (Å²) < 4.78 is 71.3. The minimum absolute atomic E-state index is 0.00444. The average Bonchev–Trinajstić information content (AvgIpc) is 3.57. The van der Waals surface area contributed by atoms with E-state index in [1.165, 1.54) is 12.1 Å². The summed E-state index contributed by atoms with van der Waals surface area (Å²) in [5.74, 6) is -6.52. The Morgan fingerprint density at radius 1 is 1.03 bits per heavy atom. The molecule has 2 aromatic rings. The van der Waals surface area contributed by atoms with Crippen molar-refractivity contribution in [2.75, 3.05) is 0 Å². The van der Waals surface area contributed by atoms with Gasteiger partial charge in [0, 0.05) is 0 Å². The van der Waals surface area contributed by atoms with Crippen molar-refractivity contribution >= 4 is 5.91 Å². The number of nitrogens with zero attached hydrogens (tertiary/aromatic N) is 2. The van der Waals surface area contributed by atoms with Gasteiger partial charge < -0.3 is 10.6 Å². The van der Waals surface area contributed by atoms with Crippen LogP contribution in [-0.4, -0.2) is 34.5 Å². The summed E-state index contributed by atoms with van der Waals surface area (Å²) in [7, 11) is 0. The second kappa shape index (κ2) is 9.57. The quantitative estimate of drug-likeness (QED) is 0.448. The van der Waals surface area contributed by atoms with E-state index >= 15 is 8.78 Å². The van der Waals surface area contributed by atoms with E-state index in [2.05, 4.69) is 0 Å². The maximum absolute atomic E-state index is 15.1. The lowest BCUT2D eigenvalue weighted by molar-refractivity contribution is -0.305. The van der Waals surface area contributed by atoms with Crippen LogP contribution in [0.25, 0.3) is 11.1 Å². The van der Waals surface area contributed by atoms with Crippen LogP contribution in [0, 0.1) is 24.2 Å². The van der Waals surface area contributed by atoms with Crippen LogP contribution in [0.3, 0.4) is 0 Å². The Bertz CT molecular complexity index is 1080. The lowest BCUT2D eigenvalue weighted by Gasteiger charge is -2.41. The molecule has 4 nitrogen and oxygen atoms in total. The molecular formula is C26H28F5N3O. The Balaban J connectivity index is 2.13. The molecule has 0 spiro atoms. The van der Waals surface area contributed by atoms with Crippen LogP contribution < -0.4 is 5.73 Å². The first-order valence-electron chi connectivity index (χ1n) is 11.3. The molecule has 2 atom stereocenters. The van der Waals surface area contributed by atoms with Gasteiger partial charge in [0.05, 0.1) is 12.1 Å². The van der Waals surface area contributed by atoms with Gasteiger partial charge in [0.1, 0.15) is 11.6 Å². The largest absolute Gasteiger partial charge is 0.455 e. The predicted molar refractivity (Wildman–Crippen MR) is 122 cm³/mol. The molecule has 1 saturated carbocycles. The number of halogens is 5. The third-order valence-electron chi connectivity index (χ3n) is 6.26. The number of aryl methyl sites for hydroxylation is 1. The molecule has 9 heteroatoms. The smallest absolute Gasteiger partial charge is 0.320 e. The highest BCUT2D eigenvalue weighted by molar-refractivity contribution is 5.84. The van der Waals surface area contributed by atoms with Gasteiger partial charge in [-0.05, 0) is 48.8 Å². The van der Waals surface area contributed by atoms with Crippen molar-refractivity contribution in [1.82, 2.24) is 4.90 Å². The van der Waals surface area contributed by atoms with Crippen LogP contribution in [0.4, 0.5) is 22.0 Å². The molecule has 3 rings (SSSR count). The first-order chi connectivity index (χ1) is 16.2. The molecule has 188 valence electrons. The van der Waals surface area contributed by atoms with Gasteiger partial charge in [-0.2, -0.15) is 27.2 Å². The van der Waals surface area contributed by atoms with E-state index in [4.69, 9.17) is 5.73 Å². The summed E-state index contributed by atoms with van der Waals surface area (Å²) in [6.45, 7) is 5.40. The molecule has 1 amide bonds. The number of nitrogens with two attached hydrogens (primary N) is 1. The first kappa shape index (κ1) is 26.6. The zero-order chi connectivity index (χ0) is 26.2. The normalized spacial score (nSPS) is 16.9. The number of carbonyl (C=O) groups is 1. The highest BCUT2D eigenvalue weighted by atomic mass is 19.4. The number of alkyl halides is 5. The molecule has 2 N–H and O–H groups in total. The van der Waals surface area contributed by atoms with Crippen molar-refractivity contribution in [3.05, 3.63) is 59.7 Å². The van der Waals surface area contributed by atoms with Gasteiger partial charge in [0.2, 0.25) is 5.91 Å². The molecule has 1 fully saturated rings. The summed E-state index contributed by atoms with van der Waals surface area (Å²) in [6, 6.07) is 10.2. The molecule has 0 radical (unpaired) electrons. The highest BCUT2D eigenvalue weighted by Crippen LogP contribution is 2.54. The van der Waals surface area contributed by atoms with Gasteiger partial charge in [0.25, 0.3) is 0 Å².